The second-order valence-electron chi connectivity index (χ2n) is 7.10. The third kappa shape index (κ3) is 8.88. The second kappa shape index (κ2) is 12.5. The fourth-order valence-electron chi connectivity index (χ4n) is 3.46. The molecule has 1 heterocycles. The van der Waals surface area contributed by atoms with Crippen molar-refractivity contribution in [2.24, 2.45) is 4.99 Å². The Bertz CT molecular complexity index is 334. The smallest absolute Gasteiger partial charge is 0.191 e. The molecule has 0 saturated carbocycles. The molecule has 0 atom stereocenters. The van der Waals surface area contributed by atoms with Crippen LogP contribution in [0.4, 0.5) is 0 Å². The Morgan fingerprint density at radius 1 is 1.04 bits per heavy atom. The van der Waals surface area contributed by atoms with E-state index in [9.17, 15) is 5.11 Å². The molecule has 5 heteroatoms. The highest BCUT2D eigenvalue weighted by Gasteiger charge is 2.24. The van der Waals surface area contributed by atoms with Crippen LogP contribution in [0.15, 0.2) is 4.99 Å². The zero-order chi connectivity index (χ0) is 17.7. The monoisotopic (exact) mass is 340 g/mol. The molecule has 142 valence electrons. The van der Waals surface area contributed by atoms with Crippen molar-refractivity contribution in [2.75, 3.05) is 39.3 Å². The van der Waals surface area contributed by atoms with E-state index in [1.165, 1.54) is 38.9 Å². The van der Waals surface area contributed by atoms with Gasteiger partial charge in [0.15, 0.2) is 5.96 Å². The van der Waals surface area contributed by atoms with E-state index in [1.54, 1.807) is 0 Å². The van der Waals surface area contributed by atoms with E-state index in [-0.39, 0.29) is 0 Å². The molecule has 0 radical (unpaired) electrons. The largest absolute Gasteiger partial charge is 0.388 e. The highest BCUT2D eigenvalue weighted by molar-refractivity contribution is 5.79. The number of aliphatic imine (C=N–C) groups is 1. The minimum absolute atomic E-state index is 0.484. The van der Waals surface area contributed by atoms with E-state index in [0.29, 0.717) is 6.54 Å². The van der Waals surface area contributed by atoms with Gasteiger partial charge in [0.05, 0.1) is 12.1 Å². The van der Waals surface area contributed by atoms with Crippen molar-refractivity contribution in [3.8, 4) is 0 Å². The minimum Gasteiger partial charge on any atom is -0.388 e. The third-order valence-electron chi connectivity index (χ3n) is 4.70. The normalized spacial score (nSPS) is 16.6. The van der Waals surface area contributed by atoms with Crippen molar-refractivity contribution in [2.45, 2.75) is 77.7 Å². The molecule has 0 aromatic carbocycles. The van der Waals surface area contributed by atoms with E-state index < -0.39 is 5.60 Å². The lowest BCUT2D eigenvalue weighted by atomic mass is 9.93. The maximum atomic E-state index is 10.7. The van der Waals surface area contributed by atoms with Crippen molar-refractivity contribution in [3.63, 3.8) is 0 Å². The van der Waals surface area contributed by atoms with Crippen molar-refractivity contribution in [3.05, 3.63) is 0 Å². The zero-order valence-electron chi connectivity index (χ0n) is 16.2. The number of aliphatic hydroxyl groups is 1. The summed E-state index contributed by atoms with van der Waals surface area (Å²) in [7, 11) is 0. The van der Waals surface area contributed by atoms with E-state index >= 15 is 0 Å². The second-order valence-corrected chi connectivity index (χ2v) is 7.10. The summed E-state index contributed by atoms with van der Waals surface area (Å²) in [6.07, 6.45) is 8.76. The number of nitrogens with zero attached hydrogens (tertiary/aromatic N) is 2. The first kappa shape index (κ1) is 21.2. The highest BCUT2D eigenvalue weighted by atomic mass is 16.3. The molecule has 3 N–H and O–H groups in total. The molecule has 0 bridgehead atoms. The van der Waals surface area contributed by atoms with Gasteiger partial charge in [-0.25, -0.2) is 0 Å². The predicted octanol–water partition coefficient (Wildman–Crippen LogP) is 2.75. The van der Waals surface area contributed by atoms with Crippen LogP contribution in [0.25, 0.3) is 0 Å². The molecule has 0 amide bonds. The molecule has 0 aromatic rings. The summed E-state index contributed by atoms with van der Waals surface area (Å²) >= 11 is 0. The van der Waals surface area contributed by atoms with Crippen LogP contribution in [-0.2, 0) is 0 Å². The fraction of sp³-hybridized carbons (Fsp3) is 0.947. The topological polar surface area (TPSA) is 59.9 Å². The number of hydrogen-bond acceptors (Lipinski definition) is 3. The fourth-order valence-corrected chi connectivity index (χ4v) is 3.46. The van der Waals surface area contributed by atoms with Crippen molar-refractivity contribution < 1.29 is 5.11 Å². The average Bonchev–Trinajstić information content (AvgIpc) is 3.06. The lowest BCUT2D eigenvalue weighted by molar-refractivity contribution is 0.0306. The van der Waals surface area contributed by atoms with Gasteiger partial charge in [-0.15, -0.1) is 0 Å². The zero-order valence-corrected chi connectivity index (χ0v) is 16.2. The number of unbranched alkanes of at least 4 members (excludes halogenated alkanes) is 1. The molecule has 1 rings (SSSR count). The highest BCUT2D eigenvalue weighted by Crippen LogP contribution is 2.19. The van der Waals surface area contributed by atoms with Crippen LogP contribution in [0.3, 0.4) is 0 Å². The first-order chi connectivity index (χ1) is 11.6. The SMILES string of the molecule is CCCC(O)(CCC)CN=C(NCC)NCCCCN1CCCC1. The summed E-state index contributed by atoms with van der Waals surface area (Å²) < 4.78 is 0. The standard InChI is InChI=1S/C19H40N4O/c1-4-11-19(24,12-5-2)17-22-18(20-6-3)21-13-7-8-14-23-15-9-10-16-23/h24H,4-17H2,1-3H3,(H2,20,21,22). The molecule has 1 saturated heterocycles. The predicted molar refractivity (Wildman–Crippen MR) is 104 cm³/mol. The third-order valence-corrected chi connectivity index (χ3v) is 4.70. The quantitative estimate of drug-likeness (QED) is 0.290. The maximum Gasteiger partial charge on any atom is 0.191 e. The summed E-state index contributed by atoms with van der Waals surface area (Å²) in [5, 5.41) is 17.4. The van der Waals surface area contributed by atoms with Gasteiger partial charge in [0.2, 0.25) is 0 Å². The number of guanidine groups is 1. The van der Waals surface area contributed by atoms with Crippen molar-refractivity contribution in [1.82, 2.24) is 15.5 Å². The van der Waals surface area contributed by atoms with Crippen LogP contribution in [0.1, 0.15) is 72.1 Å². The Hall–Kier alpha value is -0.810. The van der Waals surface area contributed by atoms with Gasteiger partial charge in [-0.2, -0.15) is 0 Å². The van der Waals surface area contributed by atoms with Gasteiger partial charge < -0.3 is 20.6 Å². The molecule has 1 aliphatic heterocycles. The summed E-state index contributed by atoms with van der Waals surface area (Å²) in [5.74, 6) is 0.837. The molecule has 5 nitrogen and oxygen atoms in total. The van der Waals surface area contributed by atoms with Gasteiger partial charge in [-0.3, -0.25) is 4.99 Å². The molecule has 0 aliphatic carbocycles. The maximum absolute atomic E-state index is 10.7. The first-order valence-electron chi connectivity index (χ1n) is 10.1. The molecular formula is C19H40N4O. The Morgan fingerprint density at radius 3 is 2.29 bits per heavy atom. The van der Waals surface area contributed by atoms with Gasteiger partial charge in [-0.1, -0.05) is 26.7 Å². The first-order valence-corrected chi connectivity index (χ1v) is 10.1. The van der Waals surface area contributed by atoms with Crippen molar-refractivity contribution in [1.29, 1.82) is 0 Å². The summed E-state index contributed by atoms with van der Waals surface area (Å²) in [6, 6.07) is 0. The molecule has 0 unspecified atom stereocenters. The molecular weight excluding hydrogens is 300 g/mol. The van der Waals surface area contributed by atoms with Crippen LogP contribution in [0, 0.1) is 0 Å². The molecule has 0 aromatic heterocycles. The van der Waals surface area contributed by atoms with Crippen LogP contribution in [-0.4, -0.2) is 60.8 Å². The lowest BCUT2D eigenvalue weighted by Crippen LogP contribution is -2.40. The van der Waals surface area contributed by atoms with Crippen LogP contribution in [0.5, 0.6) is 0 Å². The number of nitrogens with one attached hydrogen (secondary N) is 2. The Labute approximate surface area is 149 Å². The number of rotatable bonds is 12. The number of likely N-dealkylation sites (tertiary alicyclic amines) is 1. The summed E-state index contributed by atoms with van der Waals surface area (Å²) in [6.45, 7) is 12.4. The van der Waals surface area contributed by atoms with Crippen molar-refractivity contribution >= 4 is 5.96 Å². The van der Waals surface area contributed by atoms with Gasteiger partial charge in [0.25, 0.3) is 0 Å². The van der Waals surface area contributed by atoms with E-state index in [0.717, 1.165) is 51.2 Å². The van der Waals surface area contributed by atoms with E-state index in [1.807, 2.05) is 0 Å². The van der Waals surface area contributed by atoms with Gasteiger partial charge >= 0.3 is 0 Å². The average molecular weight is 341 g/mol. The summed E-state index contributed by atoms with van der Waals surface area (Å²) in [4.78, 5) is 7.20. The molecule has 0 spiro atoms. The summed E-state index contributed by atoms with van der Waals surface area (Å²) in [5.41, 5.74) is -0.651. The van der Waals surface area contributed by atoms with E-state index in [2.05, 4.69) is 41.3 Å². The van der Waals surface area contributed by atoms with Crippen LogP contribution in [0.2, 0.25) is 0 Å². The van der Waals surface area contributed by atoms with Gasteiger partial charge in [0.1, 0.15) is 0 Å². The van der Waals surface area contributed by atoms with E-state index in [4.69, 9.17) is 0 Å². The Morgan fingerprint density at radius 2 is 1.71 bits per heavy atom. The Kier molecular flexibility index (Phi) is 11.1. The molecule has 1 aliphatic rings. The Balaban J connectivity index is 2.32. The van der Waals surface area contributed by atoms with Gasteiger partial charge in [-0.05, 0) is 65.1 Å². The van der Waals surface area contributed by atoms with Crippen LogP contribution >= 0.6 is 0 Å². The lowest BCUT2D eigenvalue weighted by Gasteiger charge is -2.26. The minimum atomic E-state index is -0.651. The number of hydrogen-bond donors (Lipinski definition) is 3. The molecule has 24 heavy (non-hydrogen) atoms. The van der Waals surface area contributed by atoms with Gasteiger partial charge in [0, 0.05) is 13.1 Å². The molecule has 1 fully saturated rings. The van der Waals surface area contributed by atoms with Crippen LogP contribution < -0.4 is 10.6 Å².